The van der Waals surface area contributed by atoms with E-state index in [1.807, 2.05) is 0 Å². The Labute approximate surface area is 143 Å². The number of carbonyl (C=O) groups is 1. The van der Waals surface area contributed by atoms with Crippen molar-refractivity contribution in [1.29, 1.82) is 0 Å². The summed E-state index contributed by atoms with van der Waals surface area (Å²) in [5.74, 6) is -0.659. The Morgan fingerprint density at radius 3 is 2.68 bits per heavy atom. The fraction of sp³-hybridized carbons (Fsp3) is 0.353. The van der Waals surface area contributed by atoms with Crippen LogP contribution < -0.4 is 16.6 Å². The van der Waals surface area contributed by atoms with Crippen molar-refractivity contribution >= 4 is 11.9 Å². The van der Waals surface area contributed by atoms with Crippen molar-refractivity contribution in [2.24, 2.45) is 5.92 Å². The van der Waals surface area contributed by atoms with Crippen LogP contribution in [0.2, 0.25) is 0 Å². The third-order valence-corrected chi connectivity index (χ3v) is 4.32. The molecule has 132 valence electrons. The second kappa shape index (κ2) is 7.02. The number of hydrogen-bond acceptors (Lipinski definition) is 5. The molecule has 1 fully saturated rings. The quantitative estimate of drug-likeness (QED) is 0.634. The molecule has 25 heavy (non-hydrogen) atoms. The molecule has 7 nitrogen and oxygen atoms in total. The number of benzene rings is 1. The van der Waals surface area contributed by atoms with Crippen molar-refractivity contribution < 1.29 is 14.3 Å². The van der Waals surface area contributed by atoms with Crippen LogP contribution in [0.5, 0.6) is 0 Å². The lowest BCUT2D eigenvalue weighted by atomic mass is 9.75. The van der Waals surface area contributed by atoms with Crippen molar-refractivity contribution in [1.82, 2.24) is 15.3 Å². The van der Waals surface area contributed by atoms with Crippen LogP contribution in [0, 0.1) is 11.7 Å². The number of nitrogens with two attached hydrogens (primary N) is 1. The molecule has 1 aliphatic carbocycles. The van der Waals surface area contributed by atoms with Gasteiger partial charge in [-0.05, 0) is 36.5 Å². The van der Waals surface area contributed by atoms with Gasteiger partial charge in [-0.15, -0.1) is 0 Å². The molecule has 0 bridgehead atoms. The topological polar surface area (TPSA) is 121 Å². The SMILES string of the molecule is Nc1nc(CC(=O)N[C@H](c2ccc(F)cc2)C2CC(O)C2)cc(=O)[nH]1. The number of nitrogens with zero attached hydrogens (tertiary/aromatic N) is 1. The maximum Gasteiger partial charge on any atom is 0.252 e. The van der Waals surface area contributed by atoms with Crippen molar-refractivity contribution in [2.45, 2.75) is 31.4 Å². The Hall–Kier alpha value is -2.74. The number of aliphatic hydroxyl groups is 1. The summed E-state index contributed by atoms with van der Waals surface area (Å²) < 4.78 is 13.2. The zero-order valence-electron chi connectivity index (χ0n) is 13.4. The van der Waals surface area contributed by atoms with E-state index in [2.05, 4.69) is 15.3 Å². The van der Waals surface area contributed by atoms with Gasteiger partial charge in [0.25, 0.3) is 5.56 Å². The molecule has 3 rings (SSSR count). The highest BCUT2D eigenvalue weighted by Crippen LogP contribution is 2.38. The van der Waals surface area contributed by atoms with Crippen LogP contribution in [0.25, 0.3) is 0 Å². The van der Waals surface area contributed by atoms with Gasteiger partial charge in [-0.3, -0.25) is 14.6 Å². The Bertz CT molecular complexity index is 815. The Morgan fingerprint density at radius 1 is 1.40 bits per heavy atom. The molecule has 0 saturated heterocycles. The number of aliphatic hydroxyl groups excluding tert-OH is 1. The number of rotatable bonds is 5. The summed E-state index contributed by atoms with van der Waals surface area (Å²) in [5, 5.41) is 12.5. The first kappa shape index (κ1) is 17.1. The van der Waals surface area contributed by atoms with E-state index in [0.29, 0.717) is 12.8 Å². The Balaban J connectivity index is 1.74. The van der Waals surface area contributed by atoms with E-state index in [9.17, 15) is 19.1 Å². The summed E-state index contributed by atoms with van der Waals surface area (Å²) in [5.41, 5.74) is 6.09. The van der Waals surface area contributed by atoms with Crippen molar-refractivity contribution in [2.75, 3.05) is 5.73 Å². The van der Waals surface area contributed by atoms with E-state index in [-0.39, 0.29) is 47.9 Å². The van der Waals surface area contributed by atoms with Gasteiger partial charge in [-0.2, -0.15) is 0 Å². The highest BCUT2D eigenvalue weighted by molar-refractivity contribution is 5.78. The largest absolute Gasteiger partial charge is 0.393 e. The highest BCUT2D eigenvalue weighted by atomic mass is 19.1. The summed E-state index contributed by atoms with van der Waals surface area (Å²) in [4.78, 5) is 30.0. The molecule has 1 heterocycles. The average Bonchev–Trinajstić information content (AvgIpc) is 2.50. The van der Waals surface area contributed by atoms with E-state index in [1.54, 1.807) is 12.1 Å². The number of halogens is 1. The second-order valence-corrected chi connectivity index (χ2v) is 6.28. The number of amides is 1. The molecule has 1 amide bonds. The number of H-pyrrole nitrogens is 1. The Kier molecular flexibility index (Phi) is 4.80. The number of aromatic nitrogens is 2. The molecule has 0 aliphatic heterocycles. The fourth-order valence-corrected chi connectivity index (χ4v) is 3.05. The molecule has 5 N–H and O–H groups in total. The predicted molar refractivity (Wildman–Crippen MR) is 89.0 cm³/mol. The summed E-state index contributed by atoms with van der Waals surface area (Å²) in [6, 6.07) is 6.79. The molecule has 1 atom stereocenters. The molecule has 8 heteroatoms. The second-order valence-electron chi connectivity index (χ2n) is 6.28. The minimum absolute atomic E-state index is 0.0486. The van der Waals surface area contributed by atoms with Crippen LogP contribution in [0.4, 0.5) is 10.3 Å². The van der Waals surface area contributed by atoms with Crippen LogP contribution in [0.15, 0.2) is 35.1 Å². The van der Waals surface area contributed by atoms with Crippen LogP contribution in [0.3, 0.4) is 0 Å². The zero-order chi connectivity index (χ0) is 18.0. The minimum atomic E-state index is -0.424. The van der Waals surface area contributed by atoms with Gasteiger partial charge in [0.15, 0.2) is 0 Å². The third-order valence-electron chi connectivity index (χ3n) is 4.32. The normalized spacial score (nSPS) is 20.6. The van der Waals surface area contributed by atoms with Gasteiger partial charge in [0.05, 0.1) is 24.3 Å². The van der Waals surface area contributed by atoms with Crippen molar-refractivity contribution in [3.63, 3.8) is 0 Å². The first-order valence-corrected chi connectivity index (χ1v) is 7.99. The maximum atomic E-state index is 13.2. The number of anilines is 1. The van der Waals surface area contributed by atoms with Gasteiger partial charge < -0.3 is 16.2 Å². The van der Waals surface area contributed by atoms with E-state index < -0.39 is 5.56 Å². The molecular formula is C17H19FN4O3. The fourth-order valence-electron chi connectivity index (χ4n) is 3.05. The molecule has 1 aliphatic rings. The van der Waals surface area contributed by atoms with Gasteiger partial charge in [-0.1, -0.05) is 12.1 Å². The summed E-state index contributed by atoms with van der Waals surface area (Å²) >= 11 is 0. The van der Waals surface area contributed by atoms with Crippen molar-refractivity contribution in [3.05, 3.63) is 57.8 Å². The first-order chi connectivity index (χ1) is 11.9. The van der Waals surface area contributed by atoms with Crippen LogP contribution in [-0.2, 0) is 11.2 Å². The zero-order valence-corrected chi connectivity index (χ0v) is 13.4. The summed E-state index contributed by atoms with van der Waals surface area (Å²) in [6.45, 7) is 0. The van der Waals surface area contributed by atoms with Gasteiger partial charge in [0.1, 0.15) is 5.82 Å². The van der Waals surface area contributed by atoms with Crippen LogP contribution in [-0.4, -0.2) is 27.1 Å². The standard InChI is InChI=1S/C17H19FN4O3/c18-11-3-1-9(2-4-11)16(10-5-13(23)6-10)21-14(24)7-12-8-15(25)22-17(19)20-12/h1-4,8,10,13,16,23H,5-7H2,(H,21,24)(H3,19,20,22,25)/t10?,13?,16-/m1/s1. The van der Waals surface area contributed by atoms with Crippen LogP contribution >= 0.6 is 0 Å². The number of nitrogen functional groups attached to an aromatic ring is 1. The number of nitrogens with one attached hydrogen (secondary N) is 2. The monoisotopic (exact) mass is 346 g/mol. The lowest BCUT2D eigenvalue weighted by Crippen LogP contribution is -2.42. The summed E-state index contributed by atoms with van der Waals surface area (Å²) in [6.07, 6.45) is 0.664. The first-order valence-electron chi connectivity index (χ1n) is 7.99. The third kappa shape index (κ3) is 4.21. The van der Waals surface area contributed by atoms with Gasteiger partial charge in [0.2, 0.25) is 11.9 Å². The average molecular weight is 346 g/mol. The molecule has 0 spiro atoms. The Morgan fingerprint density at radius 2 is 2.08 bits per heavy atom. The van der Waals surface area contributed by atoms with E-state index in [4.69, 9.17) is 5.73 Å². The van der Waals surface area contributed by atoms with E-state index in [1.165, 1.54) is 18.2 Å². The molecule has 2 aromatic rings. The van der Waals surface area contributed by atoms with Gasteiger partial charge in [0, 0.05) is 6.07 Å². The number of carbonyl (C=O) groups excluding carboxylic acids is 1. The molecule has 0 radical (unpaired) electrons. The van der Waals surface area contributed by atoms with Gasteiger partial charge in [-0.25, -0.2) is 9.37 Å². The van der Waals surface area contributed by atoms with E-state index in [0.717, 1.165) is 5.56 Å². The molecule has 1 aromatic carbocycles. The molecule has 1 aromatic heterocycles. The predicted octanol–water partition coefficient (Wildman–Crippen LogP) is 0.662. The molecule has 0 unspecified atom stereocenters. The van der Waals surface area contributed by atoms with Crippen molar-refractivity contribution in [3.8, 4) is 0 Å². The number of hydrogen-bond donors (Lipinski definition) is 4. The summed E-state index contributed by atoms with van der Waals surface area (Å²) in [7, 11) is 0. The molecule has 1 saturated carbocycles. The molecular weight excluding hydrogens is 327 g/mol. The lowest BCUT2D eigenvalue weighted by molar-refractivity contribution is -0.122. The van der Waals surface area contributed by atoms with E-state index >= 15 is 0 Å². The van der Waals surface area contributed by atoms with Crippen LogP contribution in [0.1, 0.15) is 30.1 Å². The highest BCUT2D eigenvalue weighted by Gasteiger charge is 2.35. The van der Waals surface area contributed by atoms with Gasteiger partial charge >= 0.3 is 0 Å². The smallest absolute Gasteiger partial charge is 0.252 e. The maximum absolute atomic E-state index is 13.2. The minimum Gasteiger partial charge on any atom is -0.393 e. The number of aromatic amines is 1. The lowest BCUT2D eigenvalue weighted by Gasteiger charge is -2.38.